The molecule has 0 saturated heterocycles. The summed E-state index contributed by atoms with van der Waals surface area (Å²) in [6.45, 7) is 2.06. The summed E-state index contributed by atoms with van der Waals surface area (Å²) in [6.07, 6.45) is -0.321. The molecule has 2 atom stereocenters. The fourth-order valence-electron chi connectivity index (χ4n) is 4.27. The maximum absolute atomic E-state index is 13.2. The molecule has 142 valence electrons. The molecule has 1 aliphatic rings. The zero-order valence-electron chi connectivity index (χ0n) is 16.2. The molecule has 0 saturated carbocycles. The number of hydrogen-bond acceptors (Lipinski definition) is 2. The smallest absolute Gasteiger partial charge is 0.410 e. The summed E-state index contributed by atoms with van der Waals surface area (Å²) in [5.74, 6) is 0.638. The van der Waals surface area contributed by atoms with Crippen molar-refractivity contribution in [3.63, 3.8) is 0 Å². The van der Waals surface area contributed by atoms with Gasteiger partial charge < -0.3 is 4.74 Å². The van der Waals surface area contributed by atoms with E-state index in [0.717, 1.165) is 27.5 Å². The summed E-state index contributed by atoms with van der Waals surface area (Å²) in [6, 6.07) is 32.1. The average molecular weight is 379 g/mol. The Hall–Kier alpha value is -3.59. The molecule has 0 aromatic heterocycles. The van der Waals surface area contributed by atoms with Crippen LogP contribution in [-0.4, -0.2) is 11.0 Å². The van der Waals surface area contributed by atoms with Crippen molar-refractivity contribution in [2.75, 3.05) is 0 Å². The van der Waals surface area contributed by atoms with Crippen LogP contribution in [0, 0.1) is 0 Å². The van der Waals surface area contributed by atoms with Gasteiger partial charge in [-0.1, -0.05) is 91.0 Å². The van der Waals surface area contributed by atoms with Gasteiger partial charge in [0.1, 0.15) is 5.75 Å². The maximum atomic E-state index is 13.2. The Labute approximate surface area is 170 Å². The molecule has 4 aromatic rings. The highest BCUT2D eigenvalue weighted by Gasteiger charge is 2.39. The molecule has 0 N–H and O–H groups in total. The van der Waals surface area contributed by atoms with Crippen molar-refractivity contribution in [1.82, 2.24) is 4.90 Å². The monoisotopic (exact) mass is 379 g/mol. The number of hydrogen-bond donors (Lipinski definition) is 0. The van der Waals surface area contributed by atoms with Crippen molar-refractivity contribution in [3.8, 4) is 5.75 Å². The Morgan fingerprint density at radius 2 is 1.45 bits per heavy atom. The lowest BCUT2D eigenvalue weighted by molar-refractivity contribution is 0.106. The second-order valence-electron chi connectivity index (χ2n) is 7.37. The summed E-state index contributed by atoms with van der Waals surface area (Å²) in [7, 11) is 0. The second kappa shape index (κ2) is 7.10. The lowest BCUT2D eigenvalue weighted by Gasteiger charge is -2.41. The first kappa shape index (κ1) is 17.5. The van der Waals surface area contributed by atoms with E-state index in [4.69, 9.17) is 4.74 Å². The third kappa shape index (κ3) is 2.95. The molecule has 1 heterocycles. The fourth-order valence-corrected chi connectivity index (χ4v) is 4.27. The molecular weight excluding hydrogens is 358 g/mol. The molecule has 4 aromatic carbocycles. The highest BCUT2D eigenvalue weighted by Crippen LogP contribution is 2.46. The minimum Gasteiger partial charge on any atom is -0.410 e. The van der Waals surface area contributed by atoms with Gasteiger partial charge in [0.2, 0.25) is 0 Å². The molecule has 1 unspecified atom stereocenters. The van der Waals surface area contributed by atoms with Crippen molar-refractivity contribution >= 4 is 16.9 Å². The fraction of sp³-hybridized carbons (Fsp3) is 0.115. The third-order valence-electron chi connectivity index (χ3n) is 5.70. The molecule has 0 radical (unpaired) electrons. The SMILES string of the molecule is C[C@H](c1ccccc1)N1C(=O)Oc2ccc3ccccc3c2C1c1ccccc1. The molecule has 1 amide bonds. The Kier molecular flexibility index (Phi) is 4.28. The first-order chi connectivity index (χ1) is 14.2. The van der Waals surface area contributed by atoms with Crippen molar-refractivity contribution in [3.05, 3.63) is 114 Å². The minimum absolute atomic E-state index is 0.138. The summed E-state index contributed by atoms with van der Waals surface area (Å²) >= 11 is 0. The van der Waals surface area contributed by atoms with Crippen LogP contribution in [0.3, 0.4) is 0 Å². The number of benzene rings is 4. The van der Waals surface area contributed by atoms with Gasteiger partial charge in [-0.25, -0.2) is 4.79 Å². The van der Waals surface area contributed by atoms with Crippen LogP contribution in [0.1, 0.15) is 35.7 Å². The molecule has 1 aliphatic heterocycles. The zero-order chi connectivity index (χ0) is 19.8. The van der Waals surface area contributed by atoms with Crippen LogP contribution in [0.25, 0.3) is 10.8 Å². The molecule has 3 heteroatoms. The lowest BCUT2D eigenvalue weighted by atomic mass is 9.89. The molecule has 29 heavy (non-hydrogen) atoms. The van der Waals surface area contributed by atoms with Gasteiger partial charge in [-0.2, -0.15) is 0 Å². The predicted molar refractivity (Wildman–Crippen MR) is 115 cm³/mol. The minimum atomic E-state index is -0.321. The largest absolute Gasteiger partial charge is 0.416 e. The van der Waals surface area contributed by atoms with Crippen molar-refractivity contribution < 1.29 is 9.53 Å². The highest BCUT2D eigenvalue weighted by atomic mass is 16.6. The van der Waals surface area contributed by atoms with Crippen LogP contribution in [0.4, 0.5) is 4.79 Å². The van der Waals surface area contributed by atoms with Crippen LogP contribution in [-0.2, 0) is 0 Å². The van der Waals surface area contributed by atoms with Crippen LogP contribution in [0.15, 0.2) is 97.1 Å². The third-order valence-corrected chi connectivity index (χ3v) is 5.70. The first-order valence-corrected chi connectivity index (χ1v) is 9.86. The zero-order valence-corrected chi connectivity index (χ0v) is 16.2. The van der Waals surface area contributed by atoms with Gasteiger partial charge in [-0.05, 0) is 34.9 Å². The molecular formula is C26H21NO2. The number of carbonyl (C=O) groups excluding carboxylic acids is 1. The van der Waals surface area contributed by atoms with Crippen molar-refractivity contribution in [2.24, 2.45) is 0 Å². The van der Waals surface area contributed by atoms with Gasteiger partial charge in [0.25, 0.3) is 0 Å². The lowest BCUT2D eigenvalue weighted by Crippen LogP contribution is -2.43. The first-order valence-electron chi connectivity index (χ1n) is 9.86. The highest BCUT2D eigenvalue weighted by molar-refractivity contribution is 5.91. The normalized spacial score (nSPS) is 16.9. The van der Waals surface area contributed by atoms with E-state index in [1.165, 1.54) is 0 Å². The second-order valence-corrected chi connectivity index (χ2v) is 7.37. The van der Waals surface area contributed by atoms with Crippen molar-refractivity contribution in [1.29, 1.82) is 0 Å². The Bertz CT molecular complexity index is 1170. The summed E-state index contributed by atoms with van der Waals surface area (Å²) in [5, 5.41) is 2.24. The van der Waals surface area contributed by atoms with Crippen LogP contribution >= 0.6 is 0 Å². The van der Waals surface area contributed by atoms with Gasteiger partial charge in [0, 0.05) is 5.56 Å². The molecule has 0 bridgehead atoms. The van der Waals surface area contributed by atoms with Crippen LogP contribution in [0.2, 0.25) is 0 Å². The van der Waals surface area contributed by atoms with Crippen LogP contribution < -0.4 is 4.74 Å². The summed E-state index contributed by atoms with van der Waals surface area (Å²) in [4.78, 5) is 15.1. The van der Waals surface area contributed by atoms with Gasteiger partial charge in [0.15, 0.2) is 0 Å². The summed E-state index contributed by atoms with van der Waals surface area (Å²) in [5.41, 5.74) is 3.19. The Balaban J connectivity index is 1.76. The molecule has 0 spiro atoms. The Morgan fingerprint density at radius 1 is 0.793 bits per heavy atom. The standard InChI is InChI=1S/C26H21NO2/c1-18(19-10-4-2-5-11-19)27-25(21-13-6-3-7-14-21)24-22-15-9-8-12-20(22)16-17-23(24)29-26(27)28/h2-18,25H,1H3/t18-,25?/m1/s1. The topological polar surface area (TPSA) is 29.5 Å². The van der Waals surface area contributed by atoms with Gasteiger partial charge >= 0.3 is 6.09 Å². The number of carbonyl (C=O) groups is 1. The van der Waals surface area contributed by atoms with E-state index in [0.29, 0.717) is 5.75 Å². The number of ether oxygens (including phenoxy) is 1. The molecule has 0 aliphatic carbocycles. The van der Waals surface area contributed by atoms with E-state index in [9.17, 15) is 4.79 Å². The van der Waals surface area contributed by atoms with E-state index in [1.807, 2.05) is 65.6 Å². The van der Waals surface area contributed by atoms with Gasteiger partial charge in [0.05, 0.1) is 12.1 Å². The quantitative estimate of drug-likeness (QED) is 0.406. The van der Waals surface area contributed by atoms with E-state index >= 15 is 0 Å². The average Bonchev–Trinajstić information content (AvgIpc) is 2.78. The Morgan fingerprint density at radius 3 is 2.21 bits per heavy atom. The van der Waals surface area contributed by atoms with Gasteiger partial charge in [-0.3, -0.25) is 4.90 Å². The summed E-state index contributed by atoms with van der Waals surface area (Å²) < 4.78 is 5.83. The number of fused-ring (bicyclic) bond motifs is 3. The number of rotatable bonds is 3. The van der Waals surface area contributed by atoms with E-state index in [1.54, 1.807) is 0 Å². The number of nitrogens with zero attached hydrogens (tertiary/aromatic N) is 1. The molecule has 3 nitrogen and oxygen atoms in total. The van der Waals surface area contributed by atoms with Gasteiger partial charge in [-0.15, -0.1) is 0 Å². The molecule has 5 rings (SSSR count). The van der Waals surface area contributed by atoms with E-state index in [-0.39, 0.29) is 18.2 Å². The number of amides is 1. The van der Waals surface area contributed by atoms with E-state index in [2.05, 4.69) is 43.3 Å². The predicted octanol–water partition coefficient (Wildman–Crippen LogP) is 6.50. The maximum Gasteiger partial charge on any atom is 0.416 e. The van der Waals surface area contributed by atoms with Crippen molar-refractivity contribution in [2.45, 2.75) is 19.0 Å². The van der Waals surface area contributed by atoms with E-state index < -0.39 is 0 Å². The molecule has 0 fully saturated rings. The van der Waals surface area contributed by atoms with Crippen LogP contribution in [0.5, 0.6) is 5.75 Å².